The molecule has 1 amide bonds. The van der Waals surface area contributed by atoms with Gasteiger partial charge in [-0.3, -0.25) is 4.79 Å². The summed E-state index contributed by atoms with van der Waals surface area (Å²) in [6.45, 7) is 1.79. The summed E-state index contributed by atoms with van der Waals surface area (Å²) >= 11 is 5.80. The average molecular weight is 392 g/mol. The van der Waals surface area contributed by atoms with Gasteiger partial charge in [0.1, 0.15) is 0 Å². The molecule has 26 heavy (non-hydrogen) atoms. The van der Waals surface area contributed by atoms with Gasteiger partial charge in [0.2, 0.25) is 15.9 Å². The fourth-order valence-corrected chi connectivity index (χ4v) is 3.59. The molecule has 0 saturated carbocycles. The first-order valence-corrected chi connectivity index (χ1v) is 9.72. The molecule has 0 aliphatic heterocycles. The number of nitriles is 1. The Morgan fingerprint density at radius 3 is 2.54 bits per heavy atom. The molecule has 0 heterocycles. The van der Waals surface area contributed by atoms with Gasteiger partial charge in [0.05, 0.1) is 22.6 Å². The Balaban J connectivity index is 1.85. The molecular formula is C18H18ClN3O3S. The van der Waals surface area contributed by atoms with Crippen LogP contribution in [0.4, 0.5) is 0 Å². The van der Waals surface area contributed by atoms with Crippen molar-refractivity contribution in [3.63, 3.8) is 0 Å². The van der Waals surface area contributed by atoms with Crippen molar-refractivity contribution < 1.29 is 13.2 Å². The van der Waals surface area contributed by atoms with E-state index in [1.165, 1.54) is 12.1 Å². The summed E-state index contributed by atoms with van der Waals surface area (Å²) in [5.41, 5.74) is 1.40. The van der Waals surface area contributed by atoms with Gasteiger partial charge in [-0.15, -0.1) is 0 Å². The second kappa shape index (κ2) is 8.81. The number of rotatable bonds is 7. The van der Waals surface area contributed by atoms with Crippen molar-refractivity contribution in [3.05, 3.63) is 64.7 Å². The minimum atomic E-state index is -3.71. The van der Waals surface area contributed by atoms with Crippen molar-refractivity contribution in [2.24, 2.45) is 0 Å². The van der Waals surface area contributed by atoms with Gasteiger partial charge < -0.3 is 5.32 Å². The van der Waals surface area contributed by atoms with Crippen molar-refractivity contribution in [3.8, 4) is 6.07 Å². The summed E-state index contributed by atoms with van der Waals surface area (Å²) in [4.78, 5) is 12.1. The second-order valence-electron chi connectivity index (χ2n) is 5.63. The second-order valence-corrected chi connectivity index (χ2v) is 7.83. The van der Waals surface area contributed by atoms with Crippen LogP contribution in [0.15, 0.2) is 53.4 Å². The predicted molar refractivity (Wildman–Crippen MR) is 99.0 cm³/mol. The lowest BCUT2D eigenvalue weighted by Crippen LogP contribution is -2.32. The zero-order valence-corrected chi connectivity index (χ0v) is 15.6. The molecule has 0 aliphatic carbocycles. The summed E-state index contributed by atoms with van der Waals surface area (Å²) in [5.74, 6) is -0.282. The van der Waals surface area contributed by atoms with Crippen LogP contribution in [0.5, 0.6) is 0 Å². The van der Waals surface area contributed by atoms with Crippen LogP contribution in [0.2, 0.25) is 5.02 Å². The van der Waals surface area contributed by atoms with Crippen molar-refractivity contribution in [2.75, 3.05) is 6.54 Å². The van der Waals surface area contributed by atoms with E-state index in [2.05, 4.69) is 10.0 Å². The van der Waals surface area contributed by atoms with E-state index in [1.807, 2.05) is 13.0 Å². The third-order valence-corrected chi connectivity index (χ3v) is 5.36. The Morgan fingerprint density at radius 2 is 1.92 bits per heavy atom. The van der Waals surface area contributed by atoms with Gasteiger partial charge in [0, 0.05) is 18.0 Å². The zero-order chi connectivity index (χ0) is 19.2. The van der Waals surface area contributed by atoms with Gasteiger partial charge in [-0.05, 0) is 42.8 Å². The molecule has 6 nitrogen and oxygen atoms in total. The Morgan fingerprint density at radius 1 is 1.23 bits per heavy atom. The molecule has 2 N–H and O–H groups in total. The Hall–Kier alpha value is -2.40. The molecule has 8 heteroatoms. The van der Waals surface area contributed by atoms with Crippen molar-refractivity contribution >= 4 is 27.5 Å². The zero-order valence-electron chi connectivity index (χ0n) is 14.1. The van der Waals surface area contributed by atoms with Gasteiger partial charge in [-0.2, -0.15) is 5.26 Å². The number of nitrogens with one attached hydrogen (secondary N) is 2. The van der Waals surface area contributed by atoms with E-state index in [9.17, 15) is 13.2 Å². The van der Waals surface area contributed by atoms with Crippen LogP contribution < -0.4 is 10.0 Å². The number of amides is 1. The SMILES string of the molecule is CC(NC(=O)CCNS(=O)(=O)c1cccc(Cl)c1)c1ccc(C#N)cc1. The lowest BCUT2D eigenvalue weighted by molar-refractivity contribution is -0.121. The molecule has 136 valence electrons. The summed E-state index contributed by atoms with van der Waals surface area (Å²) in [5, 5.41) is 11.9. The monoisotopic (exact) mass is 391 g/mol. The van der Waals surface area contributed by atoms with Gasteiger partial charge in [-0.1, -0.05) is 29.8 Å². The molecule has 0 aromatic heterocycles. The third-order valence-electron chi connectivity index (χ3n) is 3.67. The topological polar surface area (TPSA) is 99.1 Å². The van der Waals surface area contributed by atoms with E-state index < -0.39 is 10.0 Å². The highest BCUT2D eigenvalue weighted by Crippen LogP contribution is 2.15. The first-order valence-electron chi connectivity index (χ1n) is 7.86. The van der Waals surface area contributed by atoms with E-state index in [-0.39, 0.29) is 29.8 Å². The van der Waals surface area contributed by atoms with Crippen molar-refractivity contribution in [1.29, 1.82) is 5.26 Å². The maximum absolute atomic E-state index is 12.1. The number of benzene rings is 2. The van der Waals surface area contributed by atoms with Crippen LogP contribution in [-0.4, -0.2) is 20.9 Å². The highest BCUT2D eigenvalue weighted by atomic mass is 35.5. The van der Waals surface area contributed by atoms with Gasteiger partial charge in [-0.25, -0.2) is 13.1 Å². The number of sulfonamides is 1. The maximum atomic E-state index is 12.1. The van der Waals surface area contributed by atoms with Gasteiger partial charge in [0.15, 0.2) is 0 Å². The Labute approximate surface area is 157 Å². The average Bonchev–Trinajstić information content (AvgIpc) is 2.61. The minimum absolute atomic E-state index is 0.000412. The smallest absolute Gasteiger partial charge is 0.240 e. The maximum Gasteiger partial charge on any atom is 0.240 e. The van der Waals surface area contributed by atoms with Crippen LogP contribution in [0.25, 0.3) is 0 Å². The molecule has 0 aliphatic rings. The molecule has 0 saturated heterocycles. The quantitative estimate of drug-likeness (QED) is 0.757. The number of carbonyl (C=O) groups excluding carboxylic acids is 1. The Bertz CT molecular complexity index is 921. The molecule has 0 bridgehead atoms. The number of hydrogen-bond acceptors (Lipinski definition) is 4. The first kappa shape index (κ1) is 19.9. The molecule has 2 aromatic rings. The van der Waals surface area contributed by atoms with Crippen LogP contribution in [0.1, 0.15) is 30.5 Å². The fourth-order valence-electron chi connectivity index (χ4n) is 2.26. The van der Waals surface area contributed by atoms with Crippen molar-refractivity contribution in [2.45, 2.75) is 24.3 Å². The third kappa shape index (κ3) is 5.56. The summed E-state index contributed by atoms with van der Waals surface area (Å²) in [7, 11) is -3.71. The van der Waals surface area contributed by atoms with E-state index in [4.69, 9.17) is 16.9 Å². The molecule has 0 fully saturated rings. The largest absolute Gasteiger partial charge is 0.350 e. The van der Waals surface area contributed by atoms with Gasteiger partial charge >= 0.3 is 0 Å². The number of nitrogens with zero attached hydrogens (tertiary/aromatic N) is 1. The summed E-state index contributed by atoms with van der Waals surface area (Å²) in [6, 6.07) is 14.6. The van der Waals surface area contributed by atoms with Crippen LogP contribution in [0.3, 0.4) is 0 Å². The molecule has 2 aromatic carbocycles. The minimum Gasteiger partial charge on any atom is -0.350 e. The van der Waals surface area contributed by atoms with E-state index in [0.717, 1.165) is 5.56 Å². The molecule has 0 spiro atoms. The normalized spacial score (nSPS) is 12.2. The Kier molecular flexibility index (Phi) is 6.75. The summed E-state index contributed by atoms with van der Waals surface area (Å²) in [6.07, 6.45) is 0.000412. The number of carbonyl (C=O) groups is 1. The first-order chi connectivity index (χ1) is 12.3. The molecule has 0 radical (unpaired) electrons. The van der Waals surface area contributed by atoms with Crippen LogP contribution in [-0.2, 0) is 14.8 Å². The summed E-state index contributed by atoms with van der Waals surface area (Å²) < 4.78 is 26.7. The highest BCUT2D eigenvalue weighted by molar-refractivity contribution is 7.89. The predicted octanol–water partition coefficient (Wildman–Crippen LogP) is 2.76. The van der Waals surface area contributed by atoms with Gasteiger partial charge in [0.25, 0.3) is 0 Å². The molecule has 1 unspecified atom stereocenters. The van der Waals surface area contributed by atoms with Crippen LogP contribution >= 0.6 is 11.6 Å². The lowest BCUT2D eigenvalue weighted by Gasteiger charge is -2.14. The molecule has 2 rings (SSSR count). The van der Waals surface area contributed by atoms with E-state index in [0.29, 0.717) is 10.6 Å². The van der Waals surface area contributed by atoms with Crippen molar-refractivity contribution in [1.82, 2.24) is 10.0 Å². The number of hydrogen-bond donors (Lipinski definition) is 2. The fraction of sp³-hybridized carbons (Fsp3) is 0.222. The molecule has 1 atom stereocenters. The standard InChI is InChI=1S/C18H18ClN3O3S/c1-13(15-7-5-14(12-20)6-8-15)22-18(23)9-10-21-26(24,25)17-4-2-3-16(19)11-17/h2-8,11,13,21H,9-10H2,1H3,(H,22,23). The van der Waals surface area contributed by atoms with Crippen LogP contribution in [0, 0.1) is 11.3 Å². The molecular weight excluding hydrogens is 374 g/mol. The lowest BCUT2D eigenvalue weighted by atomic mass is 10.1. The highest BCUT2D eigenvalue weighted by Gasteiger charge is 2.15. The number of halogens is 1. The van der Waals surface area contributed by atoms with E-state index in [1.54, 1.807) is 36.4 Å². The van der Waals surface area contributed by atoms with E-state index >= 15 is 0 Å².